The van der Waals surface area contributed by atoms with E-state index in [-0.39, 0.29) is 166 Å². The van der Waals surface area contributed by atoms with Crippen LogP contribution in [0.1, 0.15) is 216 Å². The van der Waals surface area contributed by atoms with Crippen LogP contribution in [0.5, 0.6) is 0 Å². The number of pyridine rings is 3. The number of hydrogen-bond acceptors (Lipinski definition) is 13. The molecule has 6 aliphatic rings. The minimum absolute atomic E-state index is 0. The first-order valence-corrected chi connectivity index (χ1v) is 50.6. The average Bonchev–Trinajstić information content (AvgIpc) is 1.66. The van der Waals surface area contributed by atoms with Gasteiger partial charge in [0.2, 0.25) is 0 Å². The van der Waals surface area contributed by atoms with Crippen molar-refractivity contribution in [3.05, 3.63) is 234 Å². The van der Waals surface area contributed by atoms with Gasteiger partial charge in [-0.05, 0) is 231 Å². The van der Waals surface area contributed by atoms with Gasteiger partial charge in [0.05, 0.1) is 40.6 Å². The molecule has 605 valence electrons. The SMILES string of the molecule is C.C.C.C.CC(C)(C)c1cccc(F)c1.CC(C)c1cccc(C#N)c1.CC(C)c1ccccc1C#N.C[C@H]1[C@H](/C=C/c2cc[c-]cn2)C2=C(C[C@@H]1C)C(=O)O[C@@H]2C.C[C@H]1[C@H](/C=C/c2ccc(Br)cn2)C2=C(C[C@@H]1C)C(=O)O[C@@H]2C.C[C@H]1[C@H](/C=C/c2ccc(Br)cn2)[C@@H]2[C@@H](C)OC(=O)[C@@H]2C[C@@H]1C.O[B]O.[Ar].[I][V]([I])[I].[W]. The molecule has 3 aliphatic carbocycles. The molecule has 23 heteroatoms. The van der Waals surface area contributed by atoms with Crippen molar-refractivity contribution in [2.24, 2.45) is 65.1 Å². The number of fused-ring (bicyclic) bond motifs is 1. The van der Waals surface area contributed by atoms with Crippen molar-refractivity contribution in [2.45, 2.75) is 195 Å². The van der Waals surface area contributed by atoms with Gasteiger partial charge >= 0.3 is 90.5 Å². The molecule has 0 amide bonds. The van der Waals surface area contributed by atoms with E-state index in [2.05, 4.69) is 239 Å². The van der Waals surface area contributed by atoms with Crippen LogP contribution in [-0.2, 0) is 60.0 Å². The van der Waals surface area contributed by atoms with Gasteiger partial charge in [-0.3, -0.25) is 19.7 Å². The number of halogens is 6. The fraction of sp³-hybridized carbons (Fsp3) is 0.455. The molecule has 0 bridgehead atoms. The molecule has 12 rings (SSSR count). The first-order chi connectivity index (χ1) is 49.6. The number of benzene rings is 3. The summed E-state index contributed by atoms with van der Waals surface area (Å²) in [4.78, 5) is 48.8. The summed E-state index contributed by atoms with van der Waals surface area (Å²) in [6.07, 6.45) is 20.5. The van der Waals surface area contributed by atoms with E-state index >= 15 is 0 Å². The molecule has 1 saturated carbocycles. The predicted octanol–water partition coefficient (Wildman–Crippen LogP) is 24.3. The molecule has 3 aromatic heterocycles. The minimum Gasteiger partial charge on any atom is 0 e. The molecule has 6 aromatic rings. The summed E-state index contributed by atoms with van der Waals surface area (Å²) in [5.74, 6) is 4.76. The molecule has 3 aromatic carbocycles. The first-order valence-electron chi connectivity index (χ1n) is 35.5. The normalized spacial score (nSPS) is 23.5. The van der Waals surface area contributed by atoms with Crippen molar-refractivity contribution in [3.63, 3.8) is 0 Å². The van der Waals surface area contributed by atoms with E-state index in [9.17, 15) is 18.8 Å². The number of esters is 3. The van der Waals surface area contributed by atoms with Gasteiger partial charge in [0, 0.05) is 109 Å². The maximum atomic E-state index is 12.7. The fourth-order valence-electron chi connectivity index (χ4n) is 13.9. The van der Waals surface area contributed by atoms with Crippen LogP contribution in [0.25, 0.3) is 18.2 Å². The second-order valence-electron chi connectivity index (χ2n) is 28.9. The third-order valence-electron chi connectivity index (χ3n) is 20.2. The number of allylic oxidation sites excluding steroid dienone is 3. The molecule has 2 N–H and O–H groups in total. The van der Waals surface area contributed by atoms with Gasteiger partial charge in [-0.1, -0.05) is 193 Å². The number of nitriles is 2. The van der Waals surface area contributed by atoms with E-state index in [1.165, 1.54) is 22.8 Å². The van der Waals surface area contributed by atoms with Crippen LogP contribution in [0, 0.1) is 137 Å². The quantitative estimate of drug-likeness (QED) is 0.0479. The van der Waals surface area contributed by atoms with Crippen LogP contribution in [0.15, 0.2) is 177 Å². The molecular formula is C88H115ArBBr2FI3N5O8VW-. The topological polar surface area (TPSA) is 206 Å². The molecule has 1 radical (unpaired) electrons. The van der Waals surface area contributed by atoms with E-state index < -0.39 is 0 Å². The molecule has 111 heavy (non-hydrogen) atoms. The van der Waals surface area contributed by atoms with E-state index in [4.69, 9.17) is 34.8 Å². The van der Waals surface area contributed by atoms with Crippen LogP contribution in [-0.4, -0.2) is 68.9 Å². The van der Waals surface area contributed by atoms with E-state index in [1.54, 1.807) is 30.7 Å². The molecule has 6 heterocycles. The second-order valence-corrected chi connectivity index (χ2v) is 66.1. The Labute approximate surface area is 764 Å². The van der Waals surface area contributed by atoms with E-state index in [0.717, 1.165) is 78.7 Å². The Balaban J connectivity index is 0. The molecule has 3 aliphatic heterocycles. The largest absolute Gasteiger partial charge is 0 e. The third kappa shape index (κ3) is 34.3. The van der Waals surface area contributed by atoms with Gasteiger partial charge in [0.1, 0.15) is 24.1 Å². The van der Waals surface area contributed by atoms with Crippen LogP contribution in [0.3, 0.4) is 0 Å². The molecule has 14 atom stereocenters. The number of rotatable bonds is 8. The summed E-state index contributed by atoms with van der Waals surface area (Å²) in [7, 11) is 0. The predicted molar refractivity (Wildman–Crippen MR) is 476 cm³/mol. The molecule has 2 fully saturated rings. The number of nitrogens with zero attached hydrogens (tertiary/aromatic N) is 5. The van der Waals surface area contributed by atoms with Gasteiger partial charge in [0.25, 0.3) is 0 Å². The minimum atomic E-state index is -0.278. The summed E-state index contributed by atoms with van der Waals surface area (Å²) in [5, 5.41) is 31.3. The Morgan fingerprint density at radius 3 is 1.51 bits per heavy atom. The molecule has 13 nitrogen and oxygen atoms in total. The zero-order valence-corrected chi connectivity index (χ0v) is 78.3. The Hall–Kier alpha value is -3.20. The number of aromatic nitrogens is 3. The van der Waals surface area contributed by atoms with E-state index in [0.29, 0.717) is 59.2 Å². The van der Waals surface area contributed by atoms with Crippen LogP contribution in [0.2, 0.25) is 0 Å². The summed E-state index contributed by atoms with van der Waals surface area (Å²) < 4.78 is 31.0. The second kappa shape index (κ2) is 54.7. The molecular weight excluding hydrogens is 2100 g/mol. The number of hydrogen-bond donors (Lipinski definition) is 2. The van der Waals surface area contributed by atoms with Crippen LogP contribution < -0.4 is 0 Å². The van der Waals surface area contributed by atoms with Gasteiger partial charge in [-0.25, -0.2) is 26.1 Å². The zero-order chi connectivity index (χ0) is 78.0. The summed E-state index contributed by atoms with van der Waals surface area (Å²) in [5.41, 5.74) is 11.9. The Morgan fingerprint density at radius 2 is 1.11 bits per heavy atom. The average molecular weight is 2220 g/mol. The summed E-state index contributed by atoms with van der Waals surface area (Å²) in [6, 6.07) is 41.2. The standard InChI is InChI=1S/C18H22BrNO2.C18H20BrNO2.C18H20NO2.C10H13F.2C10H11N.4CH4.Ar.BH2O2.3HI.V.W/c2*1-10-8-16-17(12(3)22-18(16)21)15(11(10)2)7-6-14-5-4-13(19)9-20-14;1-11-10-16-17(13(3)21-18(16)20)15(12(11)2)8-7-14-6-4-5-9-19-14;1-10(2,3)8-5-4-6-9(11)7-8;1-8(2)10-5-3-4-9(6-10)7-11;1-8(2)10-6-4-3-5-9(10)7-11;;;;;;2-1-3;;;;;/h4-7,9-12,15-17H,8H2,1-3H3;4-7,9-12,15H,8H2,1-3H3;4,6-9,11-13,15H,10H2,1-3H3;4-7H,1-3H3;2*3-6,8H,1-2H3;4*1H4;;2-3H;3*1H;;/q;;-1;;;;;;;;;;;;;+3;/p-3/b2*7-6+;8-7+;;;;;;;;;;;;;;/t10-,11+,12+,15-,16+,17-;10-,11+,12+,15-;11-,12+,13+,15-;;;;;;;;;;;;;;/m000............../s1. The molecule has 0 spiro atoms. The van der Waals surface area contributed by atoms with Crippen molar-refractivity contribution in [2.75, 3.05) is 0 Å². The third-order valence-corrected chi connectivity index (χ3v) is 21.1. The number of carbonyl (C=O) groups is 3. The Bertz CT molecular complexity index is 4070. The number of ether oxygens (including phenoxy) is 3. The fourth-order valence-corrected chi connectivity index (χ4v) is 14.3. The smallest absolute Gasteiger partial charge is 0 e. The molecule has 0 unspecified atom stereocenters. The monoisotopic (exact) mass is 2210 g/mol. The van der Waals surface area contributed by atoms with E-state index in [1.807, 2.05) is 124 Å². The van der Waals surface area contributed by atoms with Gasteiger partial charge < -0.3 is 24.3 Å². The van der Waals surface area contributed by atoms with Crippen LogP contribution >= 0.6 is 91.8 Å². The maximum Gasteiger partial charge on any atom is 0 e. The van der Waals surface area contributed by atoms with Gasteiger partial charge in [0.15, 0.2) is 0 Å². The maximum absolute atomic E-state index is 12.7. The van der Waals surface area contributed by atoms with Crippen molar-refractivity contribution in [3.8, 4) is 12.1 Å². The Kier molecular flexibility index (Phi) is 54.2. The van der Waals surface area contributed by atoms with Gasteiger partial charge in [-0.2, -0.15) is 16.6 Å². The number of carbonyl (C=O) groups excluding carboxylic acids is 3. The number of cyclic esters (lactones) is 3. The van der Waals surface area contributed by atoms with Crippen LogP contribution in [0.4, 0.5) is 4.39 Å². The van der Waals surface area contributed by atoms with Crippen molar-refractivity contribution >= 4 is 136 Å². The molecule has 1 saturated heterocycles. The van der Waals surface area contributed by atoms with Gasteiger partial charge in [-0.15, -0.1) is 0 Å². The van der Waals surface area contributed by atoms with Crippen molar-refractivity contribution < 1.29 is 107 Å². The summed E-state index contributed by atoms with van der Waals surface area (Å²) in [6.45, 7) is 34.1. The Morgan fingerprint density at radius 1 is 0.631 bits per heavy atom. The first kappa shape index (κ1) is 110. The summed E-state index contributed by atoms with van der Waals surface area (Å²) >= 11 is 14.2. The van der Waals surface area contributed by atoms with Crippen molar-refractivity contribution in [1.82, 2.24) is 15.0 Å². The zero-order valence-electron chi connectivity index (χ0n) is 63.6. The van der Waals surface area contributed by atoms with Crippen molar-refractivity contribution in [1.29, 1.82) is 10.5 Å².